The van der Waals surface area contributed by atoms with Crippen LogP contribution in [0.4, 0.5) is 11.8 Å². The third-order valence-corrected chi connectivity index (χ3v) is 3.04. The smallest absolute Gasteiger partial charge is 0.227 e. The van der Waals surface area contributed by atoms with Gasteiger partial charge in [0.2, 0.25) is 5.95 Å². The first kappa shape index (κ1) is 11.2. The van der Waals surface area contributed by atoms with Gasteiger partial charge in [-0.3, -0.25) is 0 Å². The van der Waals surface area contributed by atoms with Crippen molar-refractivity contribution in [2.45, 2.75) is 39.2 Å². The lowest BCUT2D eigenvalue weighted by Crippen LogP contribution is -2.21. The first-order valence-electron chi connectivity index (χ1n) is 6.14. The van der Waals surface area contributed by atoms with E-state index >= 15 is 0 Å². The van der Waals surface area contributed by atoms with Gasteiger partial charge in [0, 0.05) is 25.3 Å². The fourth-order valence-corrected chi connectivity index (χ4v) is 1.85. The molecule has 1 aromatic heterocycles. The van der Waals surface area contributed by atoms with Gasteiger partial charge in [-0.25, -0.2) is 4.98 Å². The Morgan fingerprint density at radius 3 is 2.88 bits per heavy atom. The minimum absolute atomic E-state index is 0.460. The average molecular weight is 220 g/mol. The molecule has 4 heteroatoms. The molecular formula is C12H20N4. The summed E-state index contributed by atoms with van der Waals surface area (Å²) in [6.07, 6.45) is 5.45. The lowest BCUT2D eigenvalue weighted by atomic mass is 10.2. The Morgan fingerprint density at radius 1 is 1.44 bits per heavy atom. The molecule has 0 aliphatic carbocycles. The van der Waals surface area contributed by atoms with Crippen LogP contribution in [0, 0.1) is 0 Å². The second kappa shape index (κ2) is 5.14. The topological polar surface area (TPSA) is 41.1 Å². The molecule has 0 radical (unpaired) electrons. The summed E-state index contributed by atoms with van der Waals surface area (Å²) in [6, 6.07) is 2.40. The Morgan fingerprint density at radius 2 is 2.19 bits per heavy atom. The SMILES string of the molecule is CCC(C)Nc1ccnc(N2CCCC2)n1. The summed E-state index contributed by atoms with van der Waals surface area (Å²) in [4.78, 5) is 11.1. The molecule has 1 aliphatic heterocycles. The van der Waals surface area contributed by atoms with Crippen LogP contribution in [0.25, 0.3) is 0 Å². The Bertz CT molecular complexity index is 334. The molecule has 1 fully saturated rings. The molecule has 16 heavy (non-hydrogen) atoms. The number of hydrogen-bond donors (Lipinski definition) is 1. The van der Waals surface area contributed by atoms with Crippen molar-refractivity contribution >= 4 is 11.8 Å². The highest BCUT2D eigenvalue weighted by Crippen LogP contribution is 2.17. The molecular weight excluding hydrogens is 200 g/mol. The van der Waals surface area contributed by atoms with Crippen LogP contribution in [0.2, 0.25) is 0 Å². The summed E-state index contributed by atoms with van der Waals surface area (Å²) in [7, 11) is 0. The van der Waals surface area contributed by atoms with Crippen molar-refractivity contribution in [3.8, 4) is 0 Å². The van der Waals surface area contributed by atoms with Crippen molar-refractivity contribution in [1.82, 2.24) is 9.97 Å². The number of anilines is 2. The molecule has 1 saturated heterocycles. The predicted octanol–water partition coefficient (Wildman–Crippen LogP) is 2.29. The van der Waals surface area contributed by atoms with E-state index in [0.29, 0.717) is 6.04 Å². The van der Waals surface area contributed by atoms with Crippen LogP contribution in [0.5, 0.6) is 0 Å². The number of aromatic nitrogens is 2. The van der Waals surface area contributed by atoms with Gasteiger partial charge in [-0.15, -0.1) is 0 Å². The summed E-state index contributed by atoms with van der Waals surface area (Å²) in [6.45, 7) is 6.51. The molecule has 0 saturated carbocycles. The van der Waals surface area contributed by atoms with Crippen molar-refractivity contribution in [1.29, 1.82) is 0 Å². The summed E-state index contributed by atoms with van der Waals surface area (Å²) < 4.78 is 0. The Labute approximate surface area is 97.1 Å². The minimum atomic E-state index is 0.460. The van der Waals surface area contributed by atoms with E-state index in [-0.39, 0.29) is 0 Å². The number of rotatable bonds is 4. The van der Waals surface area contributed by atoms with Crippen molar-refractivity contribution in [3.05, 3.63) is 12.3 Å². The van der Waals surface area contributed by atoms with Crippen LogP contribution in [-0.2, 0) is 0 Å². The van der Waals surface area contributed by atoms with Crippen LogP contribution in [0.1, 0.15) is 33.1 Å². The second-order valence-electron chi connectivity index (χ2n) is 4.39. The first-order chi connectivity index (χ1) is 7.79. The molecule has 0 spiro atoms. The summed E-state index contributed by atoms with van der Waals surface area (Å²) in [5.41, 5.74) is 0. The highest BCUT2D eigenvalue weighted by Gasteiger charge is 2.15. The van der Waals surface area contributed by atoms with Crippen LogP contribution < -0.4 is 10.2 Å². The maximum atomic E-state index is 4.55. The molecule has 2 heterocycles. The van der Waals surface area contributed by atoms with Crippen LogP contribution >= 0.6 is 0 Å². The van der Waals surface area contributed by atoms with E-state index in [9.17, 15) is 0 Å². The zero-order valence-corrected chi connectivity index (χ0v) is 10.1. The molecule has 1 aromatic rings. The van der Waals surface area contributed by atoms with Crippen molar-refractivity contribution in [2.75, 3.05) is 23.3 Å². The maximum absolute atomic E-state index is 4.55. The van der Waals surface area contributed by atoms with Gasteiger partial charge >= 0.3 is 0 Å². The predicted molar refractivity (Wildman–Crippen MR) is 66.9 cm³/mol. The van der Waals surface area contributed by atoms with Gasteiger partial charge < -0.3 is 10.2 Å². The molecule has 1 atom stereocenters. The molecule has 0 aromatic carbocycles. The van der Waals surface area contributed by atoms with Crippen molar-refractivity contribution in [2.24, 2.45) is 0 Å². The fraction of sp³-hybridized carbons (Fsp3) is 0.667. The number of nitrogens with zero attached hydrogens (tertiary/aromatic N) is 3. The van der Waals surface area contributed by atoms with Gasteiger partial charge in [-0.2, -0.15) is 4.98 Å². The van der Waals surface area contributed by atoms with Gasteiger partial charge in [0.25, 0.3) is 0 Å². The normalized spacial score (nSPS) is 17.5. The summed E-state index contributed by atoms with van der Waals surface area (Å²) in [5, 5.41) is 3.38. The molecule has 1 N–H and O–H groups in total. The van der Waals surface area contributed by atoms with E-state index < -0.39 is 0 Å². The van der Waals surface area contributed by atoms with Gasteiger partial charge in [0.15, 0.2) is 0 Å². The third kappa shape index (κ3) is 2.62. The minimum Gasteiger partial charge on any atom is -0.367 e. The second-order valence-corrected chi connectivity index (χ2v) is 4.39. The summed E-state index contributed by atoms with van der Waals surface area (Å²) >= 11 is 0. The highest BCUT2D eigenvalue weighted by molar-refractivity contribution is 5.42. The van der Waals surface area contributed by atoms with Gasteiger partial charge in [-0.1, -0.05) is 6.92 Å². The quantitative estimate of drug-likeness (QED) is 0.845. The zero-order chi connectivity index (χ0) is 11.4. The van der Waals surface area contributed by atoms with Crippen LogP contribution in [0.3, 0.4) is 0 Å². The highest BCUT2D eigenvalue weighted by atomic mass is 15.3. The monoisotopic (exact) mass is 220 g/mol. The zero-order valence-electron chi connectivity index (χ0n) is 10.1. The van der Waals surface area contributed by atoms with Crippen LogP contribution in [-0.4, -0.2) is 29.1 Å². The molecule has 0 bridgehead atoms. The Kier molecular flexibility index (Phi) is 3.59. The van der Waals surface area contributed by atoms with Gasteiger partial charge in [0.05, 0.1) is 0 Å². The van der Waals surface area contributed by atoms with E-state index in [1.165, 1.54) is 12.8 Å². The van der Waals surface area contributed by atoms with E-state index in [2.05, 4.69) is 34.0 Å². The average Bonchev–Trinajstić information content (AvgIpc) is 2.83. The molecule has 2 rings (SSSR count). The molecule has 88 valence electrons. The maximum Gasteiger partial charge on any atom is 0.227 e. The van der Waals surface area contributed by atoms with Crippen LogP contribution in [0.15, 0.2) is 12.3 Å². The lowest BCUT2D eigenvalue weighted by Gasteiger charge is -2.17. The van der Waals surface area contributed by atoms with Gasteiger partial charge in [-0.05, 0) is 32.3 Å². The van der Waals surface area contributed by atoms with Crippen molar-refractivity contribution in [3.63, 3.8) is 0 Å². The van der Waals surface area contributed by atoms with E-state index in [1.54, 1.807) is 0 Å². The van der Waals surface area contributed by atoms with E-state index in [1.807, 2.05) is 12.3 Å². The first-order valence-corrected chi connectivity index (χ1v) is 6.14. The van der Waals surface area contributed by atoms with E-state index in [0.717, 1.165) is 31.3 Å². The molecule has 0 amide bonds. The fourth-order valence-electron chi connectivity index (χ4n) is 1.85. The molecule has 1 unspecified atom stereocenters. The number of nitrogens with one attached hydrogen (secondary N) is 1. The van der Waals surface area contributed by atoms with E-state index in [4.69, 9.17) is 0 Å². The molecule has 1 aliphatic rings. The molecule has 4 nitrogen and oxygen atoms in total. The third-order valence-electron chi connectivity index (χ3n) is 3.04. The van der Waals surface area contributed by atoms with Crippen molar-refractivity contribution < 1.29 is 0 Å². The summed E-state index contributed by atoms with van der Waals surface area (Å²) in [5.74, 6) is 1.80. The largest absolute Gasteiger partial charge is 0.367 e. The standard InChI is InChI=1S/C12H20N4/c1-3-10(2)14-11-6-7-13-12(15-11)16-8-4-5-9-16/h6-7,10H,3-5,8-9H2,1-2H3,(H,13,14,15). The van der Waals surface area contributed by atoms with Gasteiger partial charge in [0.1, 0.15) is 5.82 Å². The Balaban J connectivity index is 2.06. The lowest BCUT2D eigenvalue weighted by molar-refractivity contribution is 0.757. The number of hydrogen-bond acceptors (Lipinski definition) is 4. The Hall–Kier alpha value is -1.32.